The first-order chi connectivity index (χ1) is 16.0. The zero-order valence-corrected chi connectivity index (χ0v) is 17.8. The fraction of sp³-hybridized carbons (Fsp3) is 0.364. The van der Waals surface area contributed by atoms with Gasteiger partial charge in [0.2, 0.25) is 12.3 Å². The molecule has 3 heterocycles. The van der Waals surface area contributed by atoms with Crippen LogP contribution in [0.25, 0.3) is 11.5 Å². The predicted molar refractivity (Wildman–Crippen MR) is 113 cm³/mol. The van der Waals surface area contributed by atoms with E-state index in [0.717, 1.165) is 25.9 Å². The standard InChI is InChI=1S/C22H22F3N5O3/c1-32-19-8-16(13-4-6-26-7-5-13)17(23)9-18(19)30(12-31)11-15-3-2-14(10-27-15)21-28-29-22(33-21)20(24)25/h2-3,8-10,12-13,20,26H,4-7,11H2,1H3. The molecule has 1 amide bonds. The summed E-state index contributed by atoms with van der Waals surface area (Å²) in [6.45, 7) is 1.69. The second-order valence-electron chi connectivity index (χ2n) is 7.59. The van der Waals surface area contributed by atoms with Crippen molar-refractivity contribution in [3.05, 3.63) is 53.4 Å². The van der Waals surface area contributed by atoms with Gasteiger partial charge in [0, 0.05) is 12.3 Å². The summed E-state index contributed by atoms with van der Waals surface area (Å²) in [6, 6.07) is 6.11. The number of pyridine rings is 1. The first-order valence-corrected chi connectivity index (χ1v) is 10.4. The predicted octanol–water partition coefficient (Wildman–Crippen LogP) is 3.85. The van der Waals surface area contributed by atoms with Gasteiger partial charge in [-0.25, -0.2) is 4.39 Å². The van der Waals surface area contributed by atoms with Crippen LogP contribution in [0, 0.1) is 5.82 Å². The topological polar surface area (TPSA) is 93.4 Å². The molecular weight excluding hydrogens is 439 g/mol. The van der Waals surface area contributed by atoms with Gasteiger partial charge in [0.15, 0.2) is 0 Å². The number of hydrogen-bond donors (Lipinski definition) is 1. The van der Waals surface area contributed by atoms with Crippen LogP contribution < -0.4 is 15.0 Å². The van der Waals surface area contributed by atoms with Gasteiger partial charge in [-0.05, 0) is 55.6 Å². The number of methoxy groups -OCH3 is 1. The zero-order chi connectivity index (χ0) is 23.4. The molecule has 11 heteroatoms. The van der Waals surface area contributed by atoms with Crippen molar-refractivity contribution in [2.45, 2.75) is 31.7 Å². The van der Waals surface area contributed by atoms with Crippen molar-refractivity contribution in [3.8, 4) is 17.2 Å². The minimum absolute atomic E-state index is 0.0401. The van der Waals surface area contributed by atoms with Gasteiger partial charge in [-0.2, -0.15) is 8.78 Å². The van der Waals surface area contributed by atoms with Gasteiger partial charge in [-0.1, -0.05) is 0 Å². The Morgan fingerprint density at radius 1 is 1.27 bits per heavy atom. The molecule has 0 unspecified atom stereocenters. The summed E-state index contributed by atoms with van der Waals surface area (Å²) in [6.07, 6.45) is 0.734. The van der Waals surface area contributed by atoms with Crippen LogP contribution in [-0.4, -0.2) is 41.8 Å². The van der Waals surface area contributed by atoms with E-state index in [9.17, 15) is 18.0 Å². The van der Waals surface area contributed by atoms with Gasteiger partial charge in [-0.3, -0.25) is 9.78 Å². The molecule has 3 aromatic rings. The van der Waals surface area contributed by atoms with E-state index < -0.39 is 12.3 Å². The van der Waals surface area contributed by atoms with Gasteiger partial charge < -0.3 is 19.4 Å². The minimum Gasteiger partial charge on any atom is -0.495 e. The van der Waals surface area contributed by atoms with E-state index >= 15 is 0 Å². The molecule has 1 aliphatic rings. The summed E-state index contributed by atoms with van der Waals surface area (Å²) in [5, 5.41) is 10.1. The molecule has 1 N–H and O–H groups in total. The van der Waals surface area contributed by atoms with E-state index in [2.05, 4.69) is 20.5 Å². The third kappa shape index (κ3) is 4.98. The van der Waals surface area contributed by atoms with Crippen LogP contribution in [0.5, 0.6) is 5.75 Å². The fourth-order valence-corrected chi connectivity index (χ4v) is 3.83. The first kappa shape index (κ1) is 22.7. The van der Waals surface area contributed by atoms with E-state index in [-0.39, 0.29) is 29.9 Å². The van der Waals surface area contributed by atoms with Crippen LogP contribution in [-0.2, 0) is 11.3 Å². The van der Waals surface area contributed by atoms with Crippen molar-refractivity contribution in [3.63, 3.8) is 0 Å². The van der Waals surface area contributed by atoms with Crippen molar-refractivity contribution >= 4 is 12.1 Å². The van der Waals surface area contributed by atoms with Crippen LogP contribution in [0.3, 0.4) is 0 Å². The summed E-state index contributed by atoms with van der Waals surface area (Å²) in [7, 11) is 1.47. The lowest BCUT2D eigenvalue weighted by molar-refractivity contribution is -0.107. The highest BCUT2D eigenvalue weighted by molar-refractivity contribution is 5.79. The Kier molecular flexibility index (Phi) is 6.87. The molecule has 1 aromatic carbocycles. The third-order valence-corrected chi connectivity index (χ3v) is 5.55. The van der Waals surface area contributed by atoms with Crippen LogP contribution in [0.4, 0.5) is 18.9 Å². The van der Waals surface area contributed by atoms with Gasteiger partial charge in [0.05, 0.1) is 30.6 Å². The van der Waals surface area contributed by atoms with E-state index in [1.54, 1.807) is 18.2 Å². The lowest BCUT2D eigenvalue weighted by atomic mass is 9.89. The number of carbonyl (C=O) groups is 1. The lowest BCUT2D eigenvalue weighted by Gasteiger charge is -2.26. The first-order valence-electron chi connectivity index (χ1n) is 10.4. The second-order valence-corrected chi connectivity index (χ2v) is 7.59. The summed E-state index contributed by atoms with van der Waals surface area (Å²) in [4.78, 5) is 17.4. The van der Waals surface area contributed by atoms with E-state index in [4.69, 9.17) is 9.15 Å². The number of carbonyl (C=O) groups excluding carboxylic acids is 1. The lowest BCUT2D eigenvalue weighted by Crippen LogP contribution is -2.27. The largest absolute Gasteiger partial charge is 0.495 e. The smallest absolute Gasteiger partial charge is 0.314 e. The molecule has 0 bridgehead atoms. The SMILES string of the molecule is COc1cc(C2CCNCC2)c(F)cc1N(C=O)Cc1ccc(-c2nnc(C(F)F)o2)cn1. The molecule has 0 aliphatic carbocycles. The maximum absolute atomic E-state index is 15.0. The van der Waals surface area contributed by atoms with Crippen molar-refractivity contribution in [2.24, 2.45) is 0 Å². The van der Waals surface area contributed by atoms with Crippen LogP contribution >= 0.6 is 0 Å². The maximum Gasteiger partial charge on any atom is 0.314 e. The van der Waals surface area contributed by atoms with Crippen molar-refractivity contribution in [1.29, 1.82) is 0 Å². The average Bonchev–Trinajstić information content (AvgIpc) is 3.34. The Bertz CT molecular complexity index is 1100. The number of benzene rings is 1. The summed E-state index contributed by atoms with van der Waals surface area (Å²) in [5.74, 6) is -0.779. The highest BCUT2D eigenvalue weighted by atomic mass is 19.3. The van der Waals surface area contributed by atoms with Crippen molar-refractivity contribution < 1.29 is 27.1 Å². The number of hydrogen-bond acceptors (Lipinski definition) is 7. The summed E-state index contributed by atoms with van der Waals surface area (Å²) < 4.78 is 50.6. The van der Waals surface area contributed by atoms with Gasteiger partial charge in [-0.15, -0.1) is 10.2 Å². The summed E-state index contributed by atoms with van der Waals surface area (Å²) in [5.41, 5.74) is 1.69. The molecule has 174 valence electrons. The Morgan fingerprint density at radius 2 is 2.06 bits per heavy atom. The number of anilines is 1. The number of aromatic nitrogens is 3. The minimum atomic E-state index is -2.86. The van der Waals surface area contributed by atoms with Crippen LogP contribution in [0.15, 0.2) is 34.9 Å². The van der Waals surface area contributed by atoms with Gasteiger partial charge >= 0.3 is 6.43 Å². The molecular formula is C22H22F3N5O3. The van der Waals surface area contributed by atoms with E-state index in [1.165, 1.54) is 24.3 Å². The molecule has 0 spiro atoms. The Hall–Kier alpha value is -3.47. The number of ether oxygens (including phenoxy) is 1. The number of halogens is 3. The van der Waals surface area contributed by atoms with E-state index in [0.29, 0.717) is 29.0 Å². The normalized spacial score (nSPS) is 14.5. The Labute approximate surface area is 187 Å². The van der Waals surface area contributed by atoms with Crippen LogP contribution in [0.2, 0.25) is 0 Å². The fourth-order valence-electron chi connectivity index (χ4n) is 3.83. The quantitative estimate of drug-likeness (QED) is 0.510. The van der Waals surface area contributed by atoms with Gasteiger partial charge in [0.25, 0.3) is 5.89 Å². The summed E-state index contributed by atoms with van der Waals surface area (Å²) >= 11 is 0. The van der Waals surface area contributed by atoms with Crippen molar-refractivity contribution in [2.75, 3.05) is 25.1 Å². The Morgan fingerprint density at radius 3 is 2.67 bits per heavy atom. The molecule has 1 saturated heterocycles. The highest BCUT2D eigenvalue weighted by Gasteiger charge is 2.23. The van der Waals surface area contributed by atoms with E-state index in [1.807, 2.05) is 0 Å². The maximum atomic E-state index is 15.0. The number of alkyl halides is 2. The number of nitrogens with zero attached hydrogens (tertiary/aromatic N) is 4. The van der Waals surface area contributed by atoms with Crippen molar-refractivity contribution in [1.82, 2.24) is 20.5 Å². The monoisotopic (exact) mass is 461 g/mol. The number of piperidine rings is 1. The molecule has 8 nitrogen and oxygen atoms in total. The average molecular weight is 461 g/mol. The molecule has 4 rings (SSSR count). The zero-order valence-electron chi connectivity index (χ0n) is 17.8. The van der Waals surface area contributed by atoms with Gasteiger partial charge in [0.1, 0.15) is 11.6 Å². The number of rotatable bonds is 8. The molecule has 0 radical (unpaired) electrons. The van der Waals surface area contributed by atoms with Crippen LogP contribution in [0.1, 0.15) is 42.3 Å². The number of amides is 1. The Balaban J connectivity index is 1.54. The molecule has 33 heavy (non-hydrogen) atoms. The molecule has 0 atom stereocenters. The molecule has 0 saturated carbocycles. The molecule has 2 aromatic heterocycles. The molecule has 1 aliphatic heterocycles. The molecule has 1 fully saturated rings. The second kappa shape index (κ2) is 9.99. The third-order valence-electron chi connectivity index (χ3n) is 5.55. The highest BCUT2D eigenvalue weighted by Crippen LogP contribution is 2.37. The number of nitrogens with one attached hydrogen (secondary N) is 1.